The Bertz CT molecular complexity index is 838. The number of hydrogen-bond acceptors (Lipinski definition) is 3. The van der Waals surface area contributed by atoms with E-state index in [1.54, 1.807) is 43.4 Å². The molecule has 3 rings (SSSR count). The second kappa shape index (κ2) is 7.97. The van der Waals surface area contributed by atoms with Gasteiger partial charge in [-0.1, -0.05) is 50.2 Å². The number of ether oxygens (including phenoxy) is 1. The van der Waals surface area contributed by atoms with Crippen molar-refractivity contribution in [2.75, 3.05) is 7.05 Å². The number of hydrogen-bond donors (Lipinski definition) is 1. The van der Waals surface area contributed by atoms with Crippen LogP contribution in [0.2, 0.25) is 0 Å². The van der Waals surface area contributed by atoms with Crippen LogP contribution in [0.3, 0.4) is 0 Å². The Morgan fingerprint density at radius 1 is 0.958 bits per heavy atom. The number of nitrogens with one attached hydrogen (secondary N) is 1. The molecule has 0 saturated carbocycles. The molecule has 0 radical (unpaired) electrons. The van der Waals surface area contributed by atoms with E-state index in [1.165, 1.54) is 10.8 Å². The fraction of sp³-hybridized carbons (Fsp3) is 0.158. The molecule has 0 atom stereocenters. The molecule has 1 amide bonds. The SMILES string of the molecule is CC.CNC(=O)c1cn(C(=O)Oc2ccccc2)c2ccccc12. The summed E-state index contributed by atoms with van der Waals surface area (Å²) in [4.78, 5) is 24.3. The zero-order valence-electron chi connectivity index (χ0n) is 13.9. The van der Waals surface area contributed by atoms with E-state index in [2.05, 4.69) is 5.32 Å². The molecule has 0 saturated heterocycles. The molecular formula is C19H20N2O3. The molecule has 0 bridgehead atoms. The Balaban J connectivity index is 0.00000100. The van der Waals surface area contributed by atoms with Crippen molar-refractivity contribution in [3.8, 4) is 5.75 Å². The zero-order valence-corrected chi connectivity index (χ0v) is 13.9. The Hall–Kier alpha value is -3.08. The van der Waals surface area contributed by atoms with Gasteiger partial charge in [-0.15, -0.1) is 0 Å². The first-order valence-corrected chi connectivity index (χ1v) is 7.80. The van der Waals surface area contributed by atoms with Gasteiger partial charge < -0.3 is 10.1 Å². The molecule has 124 valence electrons. The predicted molar refractivity (Wildman–Crippen MR) is 94.5 cm³/mol. The largest absolute Gasteiger partial charge is 0.423 e. The van der Waals surface area contributed by atoms with Gasteiger partial charge in [-0.25, -0.2) is 4.79 Å². The van der Waals surface area contributed by atoms with Crippen LogP contribution >= 0.6 is 0 Å². The number of aromatic nitrogens is 1. The van der Waals surface area contributed by atoms with E-state index in [-0.39, 0.29) is 5.91 Å². The van der Waals surface area contributed by atoms with Crippen LogP contribution in [0.4, 0.5) is 4.79 Å². The lowest BCUT2D eigenvalue weighted by atomic mass is 10.2. The monoisotopic (exact) mass is 324 g/mol. The van der Waals surface area contributed by atoms with Gasteiger partial charge in [-0.3, -0.25) is 9.36 Å². The summed E-state index contributed by atoms with van der Waals surface area (Å²) < 4.78 is 6.67. The highest BCUT2D eigenvalue weighted by atomic mass is 16.6. The lowest BCUT2D eigenvalue weighted by molar-refractivity contribution is 0.0964. The van der Waals surface area contributed by atoms with Crippen LogP contribution in [0.15, 0.2) is 60.8 Å². The predicted octanol–water partition coefficient (Wildman–Crippen LogP) is 4.07. The van der Waals surface area contributed by atoms with Crippen molar-refractivity contribution in [2.45, 2.75) is 13.8 Å². The molecule has 0 unspecified atom stereocenters. The van der Waals surface area contributed by atoms with Gasteiger partial charge in [0.1, 0.15) is 5.75 Å². The second-order valence-electron chi connectivity index (χ2n) is 4.69. The van der Waals surface area contributed by atoms with Crippen LogP contribution in [0.1, 0.15) is 24.2 Å². The molecule has 1 aromatic heterocycles. The zero-order chi connectivity index (χ0) is 17.5. The number of benzene rings is 2. The van der Waals surface area contributed by atoms with E-state index in [0.29, 0.717) is 22.2 Å². The van der Waals surface area contributed by atoms with E-state index < -0.39 is 6.09 Å². The summed E-state index contributed by atoms with van der Waals surface area (Å²) in [7, 11) is 1.55. The number of carbonyl (C=O) groups is 2. The number of carbonyl (C=O) groups excluding carboxylic acids is 2. The molecule has 3 aromatic rings. The molecule has 2 aromatic carbocycles. The van der Waals surface area contributed by atoms with Crippen LogP contribution in [0.5, 0.6) is 5.75 Å². The summed E-state index contributed by atoms with van der Waals surface area (Å²) in [6.45, 7) is 4.00. The number of fused-ring (bicyclic) bond motifs is 1. The minimum atomic E-state index is -0.558. The van der Waals surface area contributed by atoms with Gasteiger partial charge >= 0.3 is 6.09 Å². The van der Waals surface area contributed by atoms with Crippen LogP contribution in [0.25, 0.3) is 10.9 Å². The summed E-state index contributed by atoms with van der Waals surface area (Å²) in [6.07, 6.45) is 0.937. The first-order chi connectivity index (χ1) is 11.7. The van der Waals surface area contributed by atoms with Crippen molar-refractivity contribution < 1.29 is 14.3 Å². The topological polar surface area (TPSA) is 60.3 Å². The van der Waals surface area contributed by atoms with E-state index in [0.717, 1.165) is 0 Å². The molecule has 5 heteroatoms. The summed E-state index contributed by atoms with van der Waals surface area (Å²) in [5.41, 5.74) is 1.06. The van der Waals surface area contributed by atoms with E-state index in [9.17, 15) is 9.59 Å². The van der Waals surface area contributed by atoms with Gasteiger partial charge in [0.15, 0.2) is 0 Å². The third-order valence-corrected chi connectivity index (χ3v) is 3.33. The molecule has 0 aliphatic heterocycles. The van der Waals surface area contributed by atoms with Crippen molar-refractivity contribution >= 4 is 22.9 Å². The van der Waals surface area contributed by atoms with E-state index in [1.807, 2.05) is 32.0 Å². The second-order valence-corrected chi connectivity index (χ2v) is 4.69. The molecular weight excluding hydrogens is 304 g/mol. The lowest BCUT2D eigenvalue weighted by Gasteiger charge is -2.05. The first kappa shape index (κ1) is 17.3. The maximum atomic E-state index is 12.4. The molecule has 5 nitrogen and oxygen atoms in total. The fourth-order valence-electron chi connectivity index (χ4n) is 2.28. The Labute approximate surface area is 140 Å². The fourth-order valence-corrected chi connectivity index (χ4v) is 2.28. The maximum Gasteiger partial charge on any atom is 0.423 e. The minimum absolute atomic E-state index is 0.248. The first-order valence-electron chi connectivity index (χ1n) is 7.80. The van der Waals surface area contributed by atoms with Gasteiger partial charge in [0.2, 0.25) is 0 Å². The average Bonchev–Trinajstić information content (AvgIpc) is 3.03. The number of nitrogens with zero attached hydrogens (tertiary/aromatic N) is 1. The van der Waals surface area contributed by atoms with Crippen molar-refractivity contribution in [3.05, 3.63) is 66.4 Å². The number of amides is 1. The van der Waals surface area contributed by atoms with Crippen LogP contribution in [-0.2, 0) is 0 Å². The van der Waals surface area contributed by atoms with Gasteiger partial charge in [-0.05, 0) is 18.2 Å². The molecule has 1 N–H and O–H groups in total. The van der Waals surface area contributed by atoms with Crippen LogP contribution in [-0.4, -0.2) is 23.6 Å². The quantitative estimate of drug-likeness (QED) is 0.773. The number of para-hydroxylation sites is 2. The lowest BCUT2D eigenvalue weighted by Crippen LogP contribution is -2.18. The Morgan fingerprint density at radius 2 is 1.58 bits per heavy atom. The summed E-state index contributed by atoms with van der Waals surface area (Å²) in [5, 5.41) is 3.27. The highest BCUT2D eigenvalue weighted by Gasteiger charge is 2.18. The minimum Gasteiger partial charge on any atom is -0.410 e. The van der Waals surface area contributed by atoms with Crippen molar-refractivity contribution in [1.82, 2.24) is 9.88 Å². The Morgan fingerprint density at radius 3 is 2.25 bits per heavy atom. The maximum absolute atomic E-state index is 12.4. The van der Waals surface area contributed by atoms with E-state index in [4.69, 9.17) is 4.74 Å². The standard InChI is InChI=1S/C17H14N2O3.C2H6/c1-18-16(20)14-11-19(15-10-6-5-9-13(14)15)17(21)22-12-7-3-2-4-8-12;1-2/h2-11H,1H3,(H,18,20);1-2H3. The van der Waals surface area contributed by atoms with Gasteiger partial charge in [0.25, 0.3) is 5.91 Å². The number of rotatable bonds is 2. The highest BCUT2D eigenvalue weighted by molar-refractivity contribution is 6.08. The van der Waals surface area contributed by atoms with Crippen molar-refractivity contribution in [3.63, 3.8) is 0 Å². The van der Waals surface area contributed by atoms with Gasteiger partial charge in [0, 0.05) is 18.6 Å². The third-order valence-electron chi connectivity index (χ3n) is 3.33. The summed E-state index contributed by atoms with van der Waals surface area (Å²) in [5.74, 6) is 0.203. The highest BCUT2D eigenvalue weighted by Crippen LogP contribution is 2.22. The van der Waals surface area contributed by atoms with Crippen molar-refractivity contribution in [1.29, 1.82) is 0 Å². The van der Waals surface area contributed by atoms with Gasteiger partial charge in [-0.2, -0.15) is 0 Å². The molecule has 1 heterocycles. The van der Waals surface area contributed by atoms with Crippen molar-refractivity contribution in [2.24, 2.45) is 0 Å². The molecule has 0 spiro atoms. The van der Waals surface area contributed by atoms with Gasteiger partial charge in [0.05, 0.1) is 11.1 Å². The molecule has 0 aliphatic carbocycles. The van der Waals surface area contributed by atoms with Crippen LogP contribution in [0, 0.1) is 0 Å². The summed E-state index contributed by atoms with van der Waals surface area (Å²) in [6, 6.07) is 16.0. The molecule has 0 aliphatic rings. The van der Waals surface area contributed by atoms with Crippen LogP contribution < -0.4 is 10.1 Å². The smallest absolute Gasteiger partial charge is 0.410 e. The molecule has 24 heavy (non-hydrogen) atoms. The normalized spacial score (nSPS) is 9.79. The third kappa shape index (κ3) is 3.46. The van der Waals surface area contributed by atoms with E-state index >= 15 is 0 Å². The molecule has 0 fully saturated rings. The summed E-state index contributed by atoms with van der Waals surface area (Å²) >= 11 is 0. The Kier molecular flexibility index (Phi) is 5.73. The average molecular weight is 324 g/mol.